The van der Waals surface area contributed by atoms with Gasteiger partial charge in [-0.05, 0) is 45.2 Å². The number of hydrogen-bond acceptors (Lipinski definition) is 3. The van der Waals surface area contributed by atoms with E-state index in [1.165, 1.54) is 19.3 Å². The van der Waals surface area contributed by atoms with Crippen LogP contribution in [-0.2, 0) is 0 Å². The van der Waals surface area contributed by atoms with Gasteiger partial charge in [-0.15, -0.1) is 0 Å². The molecule has 0 heterocycles. The summed E-state index contributed by atoms with van der Waals surface area (Å²) in [6, 6.07) is 0. The minimum absolute atomic E-state index is 0.192. The topological polar surface area (TPSA) is 35.5 Å². The first-order valence-corrected chi connectivity index (χ1v) is 7.51. The van der Waals surface area contributed by atoms with Crippen molar-refractivity contribution in [2.24, 2.45) is 5.41 Å². The van der Waals surface area contributed by atoms with E-state index in [2.05, 4.69) is 38.0 Å². The lowest BCUT2D eigenvalue weighted by Gasteiger charge is -2.34. The maximum Gasteiger partial charge on any atom is 0.0524 e. The summed E-state index contributed by atoms with van der Waals surface area (Å²) < 4.78 is 0. The average Bonchev–Trinajstić information content (AvgIpc) is 2.27. The third kappa shape index (κ3) is 8.90. The number of aliphatic hydroxyl groups excluding tert-OH is 1. The SMILES string of the molecule is CCCNCC(C)(CCC)CN(C)CCC(C)O. The molecule has 0 radical (unpaired) electrons. The Balaban J connectivity index is 4.13. The third-order valence-electron chi connectivity index (χ3n) is 3.41. The quantitative estimate of drug-likeness (QED) is 0.559. The van der Waals surface area contributed by atoms with Gasteiger partial charge >= 0.3 is 0 Å². The second kappa shape index (κ2) is 9.76. The van der Waals surface area contributed by atoms with Crippen molar-refractivity contribution in [3.05, 3.63) is 0 Å². The molecular weight excluding hydrogens is 224 g/mol. The van der Waals surface area contributed by atoms with E-state index in [0.29, 0.717) is 5.41 Å². The van der Waals surface area contributed by atoms with Crippen LogP contribution in [0.4, 0.5) is 0 Å². The molecule has 0 saturated heterocycles. The fraction of sp³-hybridized carbons (Fsp3) is 1.00. The van der Waals surface area contributed by atoms with Crippen molar-refractivity contribution in [1.82, 2.24) is 10.2 Å². The van der Waals surface area contributed by atoms with E-state index in [4.69, 9.17) is 0 Å². The fourth-order valence-corrected chi connectivity index (χ4v) is 2.53. The summed E-state index contributed by atoms with van der Waals surface area (Å²) >= 11 is 0. The molecule has 2 unspecified atom stereocenters. The molecule has 0 spiro atoms. The Morgan fingerprint density at radius 2 is 1.94 bits per heavy atom. The number of hydrogen-bond donors (Lipinski definition) is 2. The average molecular weight is 258 g/mol. The fourth-order valence-electron chi connectivity index (χ4n) is 2.53. The molecular formula is C15H34N2O. The molecule has 0 saturated carbocycles. The molecule has 18 heavy (non-hydrogen) atoms. The molecule has 3 heteroatoms. The molecule has 2 N–H and O–H groups in total. The highest BCUT2D eigenvalue weighted by molar-refractivity contribution is 4.80. The molecule has 0 aliphatic heterocycles. The number of nitrogens with zero attached hydrogens (tertiary/aromatic N) is 1. The van der Waals surface area contributed by atoms with Gasteiger partial charge < -0.3 is 15.3 Å². The molecule has 110 valence electrons. The van der Waals surface area contributed by atoms with Crippen molar-refractivity contribution >= 4 is 0 Å². The highest BCUT2D eigenvalue weighted by Crippen LogP contribution is 2.23. The van der Waals surface area contributed by atoms with E-state index in [1.807, 2.05) is 6.92 Å². The largest absolute Gasteiger partial charge is 0.393 e. The molecule has 0 rings (SSSR count). The predicted octanol–water partition coefficient (Wildman–Crippen LogP) is 2.50. The van der Waals surface area contributed by atoms with Gasteiger partial charge in [0.15, 0.2) is 0 Å². The molecule has 2 atom stereocenters. The standard InChI is InChI=1S/C15H34N2O/c1-6-9-15(4,12-16-10-7-2)13-17(5)11-8-14(3)18/h14,16,18H,6-13H2,1-5H3. The van der Waals surface area contributed by atoms with E-state index in [9.17, 15) is 5.11 Å². The Morgan fingerprint density at radius 1 is 1.28 bits per heavy atom. The van der Waals surface area contributed by atoms with Gasteiger partial charge in [-0.25, -0.2) is 0 Å². The van der Waals surface area contributed by atoms with Crippen LogP contribution in [0.15, 0.2) is 0 Å². The monoisotopic (exact) mass is 258 g/mol. The van der Waals surface area contributed by atoms with E-state index >= 15 is 0 Å². The minimum Gasteiger partial charge on any atom is -0.393 e. The molecule has 0 fully saturated rings. The van der Waals surface area contributed by atoms with Crippen LogP contribution in [0.25, 0.3) is 0 Å². The molecule has 0 aromatic carbocycles. The lowest BCUT2D eigenvalue weighted by molar-refractivity contribution is 0.134. The second-order valence-corrected chi connectivity index (χ2v) is 6.11. The van der Waals surface area contributed by atoms with Gasteiger partial charge in [0.25, 0.3) is 0 Å². The van der Waals surface area contributed by atoms with Crippen molar-refractivity contribution in [2.45, 2.75) is 59.5 Å². The number of nitrogens with one attached hydrogen (secondary N) is 1. The van der Waals surface area contributed by atoms with Crippen molar-refractivity contribution in [2.75, 3.05) is 33.2 Å². The Kier molecular flexibility index (Phi) is 9.70. The first-order valence-electron chi connectivity index (χ1n) is 7.51. The van der Waals surface area contributed by atoms with E-state index in [0.717, 1.165) is 32.6 Å². The summed E-state index contributed by atoms with van der Waals surface area (Å²) in [5, 5.41) is 12.9. The van der Waals surface area contributed by atoms with Gasteiger partial charge in [0.2, 0.25) is 0 Å². The van der Waals surface area contributed by atoms with Gasteiger partial charge in [0.05, 0.1) is 6.10 Å². The number of rotatable bonds is 11. The summed E-state index contributed by atoms with van der Waals surface area (Å²) in [6.45, 7) is 13.0. The molecule has 0 bridgehead atoms. The zero-order valence-electron chi connectivity index (χ0n) is 13.1. The van der Waals surface area contributed by atoms with E-state index in [-0.39, 0.29) is 6.10 Å². The zero-order valence-corrected chi connectivity index (χ0v) is 13.1. The maximum absolute atomic E-state index is 9.34. The summed E-state index contributed by atoms with van der Waals surface area (Å²) in [7, 11) is 2.16. The van der Waals surface area contributed by atoms with Gasteiger partial charge in [-0.3, -0.25) is 0 Å². The van der Waals surface area contributed by atoms with Gasteiger partial charge in [0, 0.05) is 19.6 Å². The Bertz CT molecular complexity index is 197. The lowest BCUT2D eigenvalue weighted by Crippen LogP contribution is -2.41. The van der Waals surface area contributed by atoms with Crippen molar-refractivity contribution < 1.29 is 5.11 Å². The van der Waals surface area contributed by atoms with Crippen LogP contribution in [0.3, 0.4) is 0 Å². The van der Waals surface area contributed by atoms with Crippen LogP contribution >= 0.6 is 0 Å². The third-order valence-corrected chi connectivity index (χ3v) is 3.41. The maximum atomic E-state index is 9.34. The molecule has 0 aromatic rings. The van der Waals surface area contributed by atoms with Crippen LogP contribution in [0.1, 0.15) is 53.4 Å². The van der Waals surface area contributed by atoms with E-state index in [1.54, 1.807) is 0 Å². The molecule has 0 aliphatic rings. The van der Waals surface area contributed by atoms with Crippen molar-refractivity contribution in [3.63, 3.8) is 0 Å². The van der Waals surface area contributed by atoms with Crippen LogP contribution in [0.5, 0.6) is 0 Å². The van der Waals surface area contributed by atoms with E-state index < -0.39 is 0 Å². The lowest BCUT2D eigenvalue weighted by atomic mass is 9.84. The van der Waals surface area contributed by atoms with Crippen molar-refractivity contribution in [1.29, 1.82) is 0 Å². The Hall–Kier alpha value is -0.120. The first-order chi connectivity index (χ1) is 8.43. The van der Waals surface area contributed by atoms with Gasteiger partial charge in [-0.1, -0.05) is 27.2 Å². The minimum atomic E-state index is -0.192. The van der Waals surface area contributed by atoms with Crippen LogP contribution in [-0.4, -0.2) is 49.3 Å². The Labute approximate surface area is 114 Å². The summed E-state index contributed by atoms with van der Waals surface area (Å²) in [5.41, 5.74) is 0.345. The smallest absolute Gasteiger partial charge is 0.0524 e. The van der Waals surface area contributed by atoms with Crippen LogP contribution in [0, 0.1) is 5.41 Å². The number of aliphatic hydroxyl groups is 1. The van der Waals surface area contributed by atoms with Gasteiger partial charge in [0.1, 0.15) is 0 Å². The molecule has 0 aliphatic carbocycles. The Morgan fingerprint density at radius 3 is 2.44 bits per heavy atom. The summed E-state index contributed by atoms with van der Waals surface area (Å²) in [4.78, 5) is 2.36. The summed E-state index contributed by atoms with van der Waals surface area (Å²) in [6.07, 6.45) is 4.35. The predicted molar refractivity (Wildman–Crippen MR) is 80.0 cm³/mol. The first kappa shape index (κ1) is 17.9. The molecule has 0 amide bonds. The second-order valence-electron chi connectivity index (χ2n) is 6.11. The zero-order chi connectivity index (χ0) is 14.0. The van der Waals surface area contributed by atoms with Crippen molar-refractivity contribution in [3.8, 4) is 0 Å². The van der Waals surface area contributed by atoms with Crippen LogP contribution < -0.4 is 5.32 Å². The van der Waals surface area contributed by atoms with Crippen LogP contribution in [0.2, 0.25) is 0 Å². The molecule has 3 nitrogen and oxygen atoms in total. The van der Waals surface area contributed by atoms with Gasteiger partial charge in [-0.2, -0.15) is 0 Å². The normalized spacial score (nSPS) is 16.8. The highest BCUT2D eigenvalue weighted by atomic mass is 16.3. The highest BCUT2D eigenvalue weighted by Gasteiger charge is 2.24. The summed E-state index contributed by atoms with van der Waals surface area (Å²) in [5.74, 6) is 0. The molecule has 0 aromatic heterocycles.